The van der Waals surface area contributed by atoms with Gasteiger partial charge in [-0.2, -0.15) is 29.3 Å². The molecule has 0 radical (unpaired) electrons. The van der Waals surface area contributed by atoms with Gasteiger partial charge in [0.15, 0.2) is 0 Å². The monoisotopic (exact) mass is 292 g/mol. The van der Waals surface area contributed by atoms with Crippen LogP contribution in [0.3, 0.4) is 0 Å². The van der Waals surface area contributed by atoms with E-state index in [-0.39, 0.29) is 32.7 Å². The molecule has 0 aromatic heterocycles. The van der Waals surface area contributed by atoms with Crippen molar-refractivity contribution in [2.45, 2.75) is 26.9 Å². The van der Waals surface area contributed by atoms with Crippen LogP contribution >= 0.6 is 0 Å². The van der Waals surface area contributed by atoms with E-state index >= 15 is 0 Å². The first kappa shape index (κ1) is 14.3. The molecule has 0 saturated carbocycles. The fourth-order valence-corrected chi connectivity index (χ4v) is 1.89. The second kappa shape index (κ2) is 6.25. The van der Waals surface area contributed by atoms with Crippen molar-refractivity contribution in [1.29, 1.82) is 0 Å². The summed E-state index contributed by atoms with van der Waals surface area (Å²) in [6.45, 7) is 8.67. The first-order chi connectivity index (χ1) is 7.16. The molecule has 0 amide bonds. The molecule has 82 valence electrons. The molecule has 0 atom stereocenters. The van der Waals surface area contributed by atoms with E-state index in [2.05, 4.69) is 49.6 Å². The molecule has 2 nitrogen and oxygen atoms in total. The van der Waals surface area contributed by atoms with E-state index in [0.717, 1.165) is 19.0 Å². The molecule has 1 aliphatic rings. The minimum atomic E-state index is 0. The maximum absolute atomic E-state index is 3.50. The van der Waals surface area contributed by atoms with Gasteiger partial charge in [0.1, 0.15) is 0 Å². The average molecular weight is 292 g/mol. The quantitative estimate of drug-likeness (QED) is 0.773. The van der Waals surface area contributed by atoms with Crippen molar-refractivity contribution in [2.24, 2.45) is 5.92 Å². The minimum Gasteiger partial charge on any atom is -0.308 e. The van der Waals surface area contributed by atoms with Gasteiger partial charge in [-0.1, -0.05) is 20.8 Å². The zero-order valence-electron chi connectivity index (χ0n) is 10.3. The van der Waals surface area contributed by atoms with Gasteiger partial charge in [-0.05, 0) is 19.0 Å². The van der Waals surface area contributed by atoms with Gasteiger partial charge in [0.25, 0.3) is 0 Å². The molecule has 1 aliphatic heterocycles. The Hall–Kier alpha value is 0.244. The first-order valence-electron chi connectivity index (χ1n) is 5.62. The summed E-state index contributed by atoms with van der Waals surface area (Å²) < 4.78 is 0. The molecule has 1 fully saturated rings. The average Bonchev–Trinajstić information content (AvgIpc) is 2.23. The van der Waals surface area contributed by atoms with Crippen LogP contribution < -0.4 is 10.6 Å². The molecular formula is C13H19N2Y+2. The zero-order valence-corrected chi connectivity index (χ0v) is 13.1. The second-order valence-corrected chi connectivity index (χ2v) is 4.60. The van der Waals surface area contributed by atoms with Crippen LogP contribution in [0.25, 0.3) is 0 Å². The molecule has 3 heteroatoms. The maximum atomic E-state index is 3.50. The van der Waals surface area contributed by atoms with Crippen LogP contribution in [0.15, 0.2) is 12.1 Å². The number of hydrogen-bond donors (Lipinski definition) is 2. The van der Waals surface area contributed by atoms with E-state index in [0.29, 0.717) is 6.17 Å². The van der Waals surface area contributed by atoms with Crippen molar-refractivity contribution >= 4 is 0 Å². The van der Waals surface area contributed by atoms with Gasteiger partial charge in [-0.25, -0.2) is 0 Å². The number of aryl methyl sites for hydroxylation is 2. The molecule has 0 spiro atoms. The predicted molar refractivity (Wildman–Crippen MR) is 62.7 cm³/mol. The number of benzene rings is 1. The Morgan fingerprint density at radius 3 is 2.44 bits per heavy atom. The van der Waals surface area contributed by atoms with Crippen molar-refractivity contribution in [3.8, 4) is 0 Å². The first-order valence-corrected chi connectivity index (χ1v) is 5.62. The fourth-order valence-electron chi connectivity index (χ4n) is 1.89. The number of hydrogen-bond acceptors (Lipinski definition) is 2. The van der Waals surface area contributed by atoms with E-state index in [1.807, 2.05) is 0 Å². The minimum absolute atomic E-state index is 0. The molecule has 0 unspecified atom stereocenters. The molecule has 2 N–H and O–H groups in total. The molecule has 1 saturated heterocycles. The largest absolute Gasteiger partial charge is 3.00 e. The Morgan fingerprint density at radius 1 is 1.25 bits per heavy atom. The van der Waals surface area contributed by atoms with Crippen LogP contribution in [0.5, 0.6) is 0 Å². The SMILES string of the molecule is Cc1[c-]cc(C2NCC(C)CN2)cc1C.[Y+3]. The van der Waals surface area contributed by atoms with Crippen LogP contribution in [0.4, 0.5) is 0 Å². The third kappa shape index (κ3) is 3.37. The van der Waals surface area contributed by atoms with Gasteiger partial charge in [0.2, 0.25) is 0 Å². The Kier molecular flexibility index (Phi) is 5.59. The molecule has 1 heterocycles. The Bertz CT molecular complexity index is 344. The summed E-state index contributed by atoms with van der Waals surface area (Å²) in [5.41, 5.74) is 3.85. The van der Waals surface area contributed by atoms with Crippen molar-refractivity contribution in [3.05, 3.63) is 34.9 Å². The molecule has 0 aliphatic carbocycles. The molecule has 1 aromatic rings. The molecule has 1 aromatic carbocycles. The van der Waals surface area contributed by atoms with Crippen molar-refractivity contribution in [3.63, 3.8) is 0 Å². The van der Waals surface area contributed by atoms with Gasteiger partial charge in [0, 0.05) is 6.17 Å². The third-order valence-electron chi connectivity index (χ3n) is 3.10. The zero-order chi connectivity index (χ0) is 10.8. The Labute approximate surface area is 123 Å². The number of rotatable bonds is 1. The summed E-state index contributed by atoms with van der Waals surface area (Å²) in [6, 6.07) is 7.63. The van der Waals surface area contributed by atoms with Crippen LogP contribution in [0, 0.1) is 25.8 Å². The Balaban J connectivity index is 0.00000128. The van der Waals surface area contributed by atoms with Gasteiger partial charge >= 0.3 is 32.7 Å². The number of nitrogens with one attached hydrogen (secondary N) is 2. The summed E-state index contributed by atoms with van der Waals surface area (Å²) in [5, 5.41) is 7.00. The third-order valence-corrected chi connectivity index (χ3v) is 3.10. The predicted octanol–water partition coefficient (Wildman–Crippen LogP) is 1.93. The van der Waals surface area contributed by atoms with Gasteiger partial charge in [0.05, 0.1) is 0 Å². The molecule has 0 bridgehead atoms. The van der Waals surface area contributed by atoms with Crippen molar-refractivity contribution < 1.29 is 32.7 Å². The smallest absolute Gasteiger partial charge is 0.308 e. The molecule has 2 rings (SSSR count). The summed E-state index contributed by atoms with van der Waals surface area (Å²) in [6.07, 6.45) is 0.303. The van der Waals surface area contributed by atoms with Crippen LogP contribution in [-0.4, -0.2) is 13.1 Å². The fraction of sp³-hybridized carbons (Fsp3) is 0.538. The summed E-state index contributed by atoms with van der Waals surface area (Å²) in [5.74, 6) is 0.719. The molecule has 16 heavy (non-hydrogen) atoms. The van der Waals surface area contributed by atoms with Crippen molar-refractivity contribution in [2.75, 3.05) is 13.1 Å². The topological polar surface area (TPSA) is 24.1 Å². The van der Waals surface area contributed by atoms with Crippen LogP contribution in [0.2, 0.25) is 0 Å². The maximum Gasteiger partial charge on any atom is 3.00 e. The normalized spacial score (nSPS) is 24.9. The Morgan fingerprint density at radius 2 is 1.88 bits per heavy atom. The summed E-state index contributed by atoms with van der Waals surface area (Å²) >= 11 is 0. The molecular weight excluding hydrogens is 273 g/mol. The van der Waals surface area contributed by atoms with E-state index in [4.69, 9.17) is 0 Å². The van der Waals surface area contributed by atoms with E-state index in [9.17, 15) is 0 Å². The van der Waals surface area contributed by atoms with Gasteiger partial charge in [-0.15, -0.1) is 5.56 Å². The van der Waals surface area contributed by atoms with Gasteiger partial charge < -0.3 is 10.6 Å². The van der Waals surface area contributed by atoms with Gasteiger partial charge in [-0.3, -0.25) is 0 Å². The van der Waals surface area contributed by atoms with E-state index in [1.165, 1.54) is 16.7 Å². The standard InChI is InChI=1S/C13H19N2.Y/c1-9-7-14-13(15-8-9)12-5-4-10(2)11(3)6-12;/h5-6,9,13-15H,7-8H2,1-3H3;/q-1;+3. The summed E-state index contributed by atoms with van der Waals surface area (Å²) in [7, 11) is 0. The van der Waals surface area contributed by atoms with Crippen molar-refractivity contribution in [1.82, 2.24) is 10.6 Å². The van der Waals surface area contributed by atoms with Crippen LogP contribution in [0.1, 0.15) is 29.8 Å². The second-order valence-electron chi connectivity index (χ2n) is 4.60. The summed E-state index contributed by atoms with van der Waals surface area (Å²) in [4.78, 5) is 0. The van der Waals surface area contributed by atoms with E-state index < -0.39 is 0 Å². The van der Waals surface area contributed by atoms with Crippen LogP contribution in [-0.2, 0) is 32.7 Å². The van der Waals surface area contributed by atoms with E-state index in [1.54, 1.807) is 0 Å².